The normalized spacial score (nSPS) is 19.9. The van der Waals surface area contributed by atoms with E-state index < -0.39 is 12.0 Å². The number of carbonyl (C=O) groups excluding carboxylic acids is 1. The number of aliphatic carboxylic acids is 1. The minimum atomic E-state index is -0.932. The molecule has 6 heteroatoms. The molecular formula is C11H15N3O3. The SMILES string of the molecule is CCn1cncc1CN1C(=O)CCC1C(=O)O. The van der Waals surface area contributed by atoms with E-state index >= 15 is 0 Å². The highest BCUT2D eigenvalue weighted by molar-refractivity contribution is 5.87. The summed E-state index contributed by atoms with van der Waals surface area (Å²) in [7, 11) is 0. The Morgan fingerprint density at radius 1 is 1.65 bits per heavy atom. The van der Waals surface area contributed by atoms with E-state index in [1.807, 2.05) is 11.5 Å². The van der Waals surface area contributed by atoms with Crippen molar-refractivity contribution in [3.8, 4) is 0 Å². The third-order valence-electron chi connectivity index (χ3n) is 3.08. The number of carbonyl (C=O) groups is 2. The molecule has 1 aromatic heterocycles. The lowest BCUT2D eigenvalue weighted by atomic mass is 10.2. The standard InChI is InChI=1S/C11H15N3O3/c1-2-13-7-12-5-8(13)6-14-9(11(16)17)3-4-10(14)15/h5,7,9H,2-4,6H2,1H3,(H,16,17). The molecule has 1 N–H and O–H groups in total. The average molecular weight is 237 g/mol. The molecule has 1 amide bonds. The first kappa shape index (κ1) is 11.6. The van der Waals surface area contributed by atoms with Gasteiger partial charge >= 0.3 is 5.97 Å². The summed E-state index contributed by atoms with van der Waals surface area (Å²) in [4.78, 5) is 28.1. The summed E-state index contributed by atoms with van der Waals surface area (Å²) in [5, 5.41) is 9.04. The van der Waals surface area contributed by atoms with Crippen molar-refractivity contribution >= 4 is 11.9 Å². The smallest absolute Gasteiger partial charge is 0.326 e. The summed E-state index contributed by atoms with van der Waals surface area (Å²) in [6.45, 7) is 3.06. The number of rotatable bonds is 4. The summed E-state index contributed by atoms with van der Waals surface area (Å²) < 4.78 is 1.91. The zero-order chi connectivity index (χ0) is 12.4. The predicted molar refractivity (Wildman–Crippen MR) is 59.1 cm³/mol. The number of aryl methyl sites for hydroxylation is 1. The van der Waals surface area contributed by atoms with Crippen molar-refractivity contribution in [1.29, 1.82) is 0 Å². The fourth-order valence-electron chi connectivity index (χ4n) is 2.13. The number of nitrogens with zero attached hydrogens (tertiary/aromatic N) is 3. The number of hydrogen-bond donors (Lipinski definition) is 1. The van der Waals surface area contributed by atoms with E-state index in [1.54, 1.807) is 12.5 Å². The summed E-state index contributed by atoms with van der Waals surface area (Å²) in [6, 6.07) is -0.692. The molecule has 6 nitrogen and oxygen atoms in total. The van der Waals surface area contributed by atoms with Gasteiger partial charge in [-0.25, -0.2) is 9.78 Å². The van der Waals surface area contributed by atoms with Crippen LogP contribution in [-0.2, 0) is 22.7 Å². The first-order valence-corrected chi connectivity index (χ1v) is 5.64. The fourth-order valence-corrected chi connectivity index (χ4v) is 2.13. The van der Waals surface area contributed by atoms with E-state index in [9.17, 15) is 9.59 Å². The van der Waals surface area contributed by atoms with Crippen LogP contribution in [0.2, 0.25) is 0 Å². The molecule has 0 aromatic carbocycles. The van der Waals surface area contributed by atoms with E-state index in [0.29, 0.717) is 19.4 Å². The maximum absolute atomic E-state index is 11.6. The van der Waals surface area contributed by atoms with Gasteiger partial charge in [0.05, 0.1) is 18.6 Å². The highest BCUT2D eigenvalue weighted by atomic mass is 16.4. The van der Waals surface area contributed by atoms with Gasteiger partial charge in [0.25, 0.3) is 0 Å². The second-order valence-electron chi connectivity index (χ2n) is 4.09. The van der Waals surface area contributed by atoms with Crippen molar-refractivity contribution in [3.05, 3.63) is 18.2 Å². The number of carboxylic acid groups (broad SMARTS) is 1. The Bertz CT molecular complexity index is 441. The van der Waals surface area contributed by atoms with E-state index in [1.165, 1.54) is 4.90 Å². The van der Waals surface area contributed by atoms with E-state index in [0.717, 1.165) is 12.2 Å². The van der Waals surface area contributed by atoms with Gasteiger partial charge in [0.1, 0.15) is 6.04 Å². The van der Waals surface area contributed by atoms with Crippen LogP contribution in [0.3, 0.4) is 0 Å². The van der Waals surface area contributed by atoms with Crippen LogP contribution in [0.25, 0.3) is 0 Å². The molecule has 0 radical (unpaired) electrons. The van der Waals surface area contributed by atoms with Crippen molar-refractivity contribution in [2.75, 3.05) is 0 Å². The summed E-state index contributed by atoms with van der Waals surface area (Å²) >= 11 is 0. The zero-order valence-corrected chi connectivity index (χ0v) is 9.67. The Hall–Kier alpha value is -1.85. The molecule has 0 bridgehead atoms. The maximum Gasteiger partial charge on any atom is 0.326 e. The largest absolute Gasteiger partial charge is 0.480 e. The third kappa shape index (κ3) is 2.15. The molecule has 1 fully saturated rings. The maximum atomic E-state index is 11.6. The summed E-state index contributed by atoms with van der Waals surface area (Å²) in [6.07, 6.45) is 4.07. The number of carboxylic acids is 1. The van der Waals surface area contributed by atoms with Crippen molar-refractivity contribution in [1.82, 2.24) is 14.5 Å². The van der Waals surface area contributed by atoms with Gasteiger partial charge in [-0.05, 0) is 13.3 Å². The number of likely N-dealkylation sites (tertiary alicyclic amines) is 1. The van der Waals surface area contributed by atoms with Crippen LogP contribution >= 0.6 is 0 Å². The van der Waals surface area contributed by atoms with Crippen LogP contribution < -0.4 is 0 Å². The zero-order valence-electron chi connectivity index (χ0n) is 9.67. The Kier molecular flexibility index (Phi) is 3.12. The lowest BCUT2D eigenvalue weighted by molar-refractivity contribution is -0.146. The lowest BCUT2D eigenvalue weighted by Gasteiger charge is -2.21. The molecule has 0 spiro atoms. The molecule has 1 aliphatic rings. The molecule has 1 atom stereocenters. The van der Waals surface area contributed by atoms with Gasteiger partial charge in [0.2, 0.25) is 5.91 Å². The summed E-state index contributed by atoms with van der Waals surface area (Å²) in [5.41, 5.74) is 0.869. The highest BCUT2D eigenvalue weighted by Gasteiger charge is 2.36. The second-order valence-corrected chi connectivity index (χ2v) is 4.09. The van der Waals surface area contributed by atoms with Gasteiger partial charge in [0, 0.05) is 19.2 Å². The molecule has 2 rings (SSSR count). The van der Waals surface area contributed by atoms with Gasteiger partial charge in [0.15, 0.2) is 0 Å². The third-order valence-corrected chi connectivity index (χ3v) is 3.08. The number of hydrogen-bond acceptors (Lipinski definition) is 3. The Labute approximate surface area is 98.9 Å². The van der Waals surface area contributed by atoms with Crippen LogP contribution in [-0.4, -0.2) is 37.5 Å². The number of aromatic nitrogens is 2. The van der Waals surface area contributed by atoms with E-state index in [-0.39, 0.29) is 5.91 Å². The van der Waals surface area contributed by atoms with Gasteiger partial charge in [-0.3, -0.25) is 4.79 Å². The van der Waals surface area contributed by atoms with Gasteiger partial charge in [-0.2, -0.15) is 0 Å². The Morgan fingerprint density at radius 3 is 3.06 bits per heavy atom. The monoisotopic (exact) mass is 237 g/mol. The Morgan fingerprint density at radius 2 is 2.41 bits per heavy atom. The van der Waals surface area contributed by atoms with Crippen molar-refractivity contribution in [2.45, 2.75) is 38.9 Å². The number of amides is 1. The second kappa shape index (κ2) is 4.57. The van der Waals surface area contributed by atoms with Crippen LogP contribution in [0.4, 0.5) is 0 Å². The van der Waals surface area contributed by atoms with Gasteiger partial charge in [-0.15, -0.1) is 0 Å². The quantitative estimate of drug-likeness (QED) is 0.826. The van der Waals surface area contributed by atoms with E-state index in [4.69, 9.17) is 5.11 Å². The molecule has 1 aliphatic heterocycles. The van der Waals surface area contributed by atoms with E-state index in [2.05, 4.69) is 4.98 Å². The van der Waals surface area contributed by atoms with Crippen LogP contribution in [0.5, 0.6) is 0 Å². The van der Waals surface area contributed by atoms with Crippen LogP contribution in [0.1, 0.15) is 25.5 Å². The fraction of sp³-hybridized carbons (Fsp3) is 0.545. The number of imidazole rings is 1. The molecule has 2 heterocycles. The Balaban J connectivity index is 2.16. The lowest BCUT2D eigenvalue weighted by Crippen LogP contribution is -2.38. The topological polar surface area (TPSA) is 75.4 Å². The molecule has 1 unspecified atom stereocenters. The van der Waals surface area contributed by atoms with Crippen molar-refractivity contribution < 1.29 is 14.7 Å². The van der Waals surface area contributed by atoms with Crippen molar-refractivity contribution in [2.24, 2.45) is 0 Å². The first-order chi connectivity index (χ1) is 8.13. The highest BCUT2D eigenvalue weighted by Crippen LogP contribution is 2.21. The van der Waals surface area contributed by atoms with Gasteiger partial charge in [-0.1, -0.05) is 0 Å². The molecule has 17 heavy (non-hydrogen) atoms. The predicted octanol–water partition coefficient (Wildman–Crippen LogP) is 0.479. The minimum Gasteiger partial charge on any atom is -0.480 e. The molecule has 0 saturated carbocycles. The molecule has 92 valence electrons. The molecule has 1 aromatic rings. The molecular weight excluding hydrogens is 222 g/mol. The first-order valence-electron chi connectivity index (χ1n) is 5.64. The van der Waals surface area contributed by atoms with Crippen molar-refractivity contribution in [3.63, 3.8) is 0 Å². The molecule has 0 aliphatic carbocycles. The van der Waals surface area contributed by atoms with Gasteiger partial charge < -0.3 is 14.6 Å². The average Bonchev–Trinajstić information content (AvgIpc) is 2.87. The van der Waals surface area contributed by atoms with Crippen LogP contribution in [0, 0.1) is 0 Å². The summed E-state index contributed by atoms with van der Waals surface area (Å²) in [5.74, 6) is -1.03. The minimum absolute atomic E-state index is 0.0961. The molecule has 1 saturated heterocycles. The van der Waals surface area contributed by atoms with Crippen LogP contribution in [0.15, 0.2) is 12.5 Å².